The number of nitrogens with zero attached hydrogens (tertiary/aromatic N) is 1. The quantitative estimate of drug-likeness (QED) is 0.716. The molecule has 0 radical (unpaired) electrons. The molecule has 0 unspecified atom stereocenters. The predicted octanol–water partition coefficient (Wildman–Crippen LogP) is 2.17. The number of hydrogen-bond donors (Lipinski definition) is 2. The van der Waals surface area contributed by atoms with Crippen molar-refractivity contribution in [1.29, 1.82) is 0 Å². The van der Waals surface area contributed by atoms with Crippen molar-refractivity contribution in [3.63, 3.8) is 0 Å². The number of carbonyl (C=O) groups excluding carboxylic acids is 2. The Bertz CT molecular complexity index is 898. The van der Waals surface area contributed by atoms with Crippen molar-refractivity contribution < 1.29 is 19.2 Å². The Balaban J connectivity index is 1.45. The first-order valence-corrected chi connectivity index (χ1v) is 11.0. The molecule has 1 heterocycles. The van der Waals surface area contributed by atoms with Gasteiger partial charge in [0, 0.05) is 5.69 Å². The van der Waals surface area contributed by atoms with Gasteiger partial charge in [-0.1, -0.05) is 50.2 Å². The molecule has 1 fully saturated rings. The van der Waals surface area contributed by atoms with Gasteiger partial charge in [0.15, 0.2) is 13.2 Å². The minimum Gasteiger partial charge on any atom is -0.483 e. The molecular weight excluding hydrogens is 390 g/mol. The third-order valence-corrected chi connectivity index (χ3v) is 5.87. The van der Waals surface area contributed by atoms with E-state index in [4.69, 9.17) is 4.74 Å². The number of hydrogen-bond acceptors (Lipinski definition) is 3. The van der Waals surface area contributed by atoms with Crippen molar-refractivity contribution in [1.82, 2.24) is 4.90 Å². The first kappa shape index (κ1) is 22.8. The first-order valence-electron chi connectivity index (χ1n) is 11.0. The fourth-order valence-electron chi connectivity index (χ4n) is 3.99. The van der Waals surface area contributed by atoms with E-state index < -0.39 is 0 Å². The third kappa shape index (κ3) is 6.07. The zero-order valence-electron chi connectivity index (χ0n) is 19.0. The van der Waals surface area contributed by atoms with E-state index in [1.165, 1.54) is 4.90 Å². The van der Waals surface area contributed by atoms with Crippen LogP contribution in [-0.2, 0) is 9.59 Å². The Labute approximate surface area is 185 Å². The van der Waals surface area contributed by atoms with Gasteiger partial charge in [-0.2, -0.15) is 0 Å². The van der Waals surface area contributed by atoms with Crippen LogP contribution in [0.25, 0.3) is 0 Å². The second kappa shape index (κ2) is 10.4. The second-order valence-corrected chi connectivity index (χ2v) is 8.60. The number of benzene rings is 2. The number of piperazine rings is 1. The number of rotatable bonds is 7. The maximum atomic E-state index is 12.6. The molecule has 31 heavy (non-hydrogen) atoms. The normalized spacial score (nSPS) is 14.5. The van der Waals surface area contributed by atoms with Gasteiger partial charge >= 0.3 is 0 Å². The predicted molar refractivity (Wildman–Crippen MR) is 123 cm³/mol. The van der Waals surface area contributed by atoms with Crippen molar-refractivity contribution in [3.05, 3.63) is 59.2 Å². The first-order chi connectivity index (χ1) is 14.8. The molecule has 1 aliphatic rings. The molecule has 1 aliphatic heterocycles. The molecule has 2 aromatic rings. The fourth-order valence-corrected chi connectivity index (χ4v) is 3.99. The average molecular weight is 425 g/mol. The van der Waals surface area contributed by atoms with Crippen molar-refractivity contribution in [2.45, 2.75) is 33.6 Å². The van der Waals surface area contributed by atoms with E-state index in [1.54, 1.807) is 0 Å². The summed E-state index contributed by atoms with van der Waals surface area (Å²) in [5.74, 6) is 1.13. The molecule has 0 spiro atoms. The maximum Gasteiger partial charge on any atom is 0.279 e. The summed E-state index contributed by atoms with van der Waals surface area (Å²) in [4.78, 5) is 28.2. The molecule has 3 rings (SSSR count). The lowest BCUT2D eigenvalue weighted by Crippen LogP contribution is -3.15. The van der Waals surface area contributed by atoms with Crippen LogP contribution in [0.2, 0.25) is 0 Å². The number of anilines is 1. The zero-order valence-corrected chi connectivity index (χ0v) is 19.0. The second-order valence-electron chi connectivity index (χ2n) is 8.60. The van der Waals surface area contributed by atoms with E-state index in [1.807, 2.05) is 61.2 Å². The Morgan fingerprint density at radius 1 is 1.03 bits per heavy atom. The lowest BCUT2D eigenvalue weighted by Gasteiger charge is -2.32. The fraction of sp³-hybridized carbons (Fsp3) is 0.440. The summed E-state index contributed by atoms with van der Waals surface area (Å²) in [5.41, 5.74) is 4.15. The summed E-state index contributed by atoms with van der Waals surface area (Å²) in [7, 11) is 0. The number of aryl methyl sites for hydroxylation is 2. The number of amides is 2. The van der Waals surface area contributed by atoms with E-state index in [0.717, 1.165) is 41.2 Å². The van der Waals surface area contributed by atoms with Crippen LogP contribution in [0.5, 0.6) is 5.75 Å². The highest BCUT2D eigenvalue weighted by Gasteiger charge is 2.26. The smallest absolute Gasteiger partial charge is 0.279 e. The molecule has 2 aromatic carbocycles. The van der Waals surface area contributed by atoms with Gasteiger partial charge in [-0.05, 0) is 42.5 Å². The number of nitrogens with one attached hydrogen (secondary N) is 2. The van der Waals surface area contributed by atoms with Gasteiger partial charge in [-0.15, -0.1) is 0 Å². The van der Waals surface area contributed by atoms with Gasteiger partial charge < -0.3 is 19.9 Å². The van der Waals surface area contributed by atoms with Crippen molar-refractivity contribution in [3.8, 4) is 5.75 Å². The minimum absolute atomic E-state index is 0.00223. The lowest BCUT2D eigenvalue weighted by molar-refractivity contribution is -0.895. The van der Waals surface area contributed by atoms with Crippen LogP contribution in [0, 0.1) is 13.8 Å². The van der Waals surface area contributed by atoms with Gasteiger partial charge in [0.1, 0.15) is 5.75 Å². The zero-order chi connectivity index (χ0) is 22.4. The molecule has 2 amide bonds. The molecular formula is C25H34N3O3+. The van der Waals surface area contributed by atoms with Crippen LogP contribution >= 0.6 is 0 Å². The Hall–Kier alpha value is -2.86. The van der Waals surface area contributed by atoms with E-state index in [9.17, 15) is 9.59 Å². The van der Waals surface area contributed by atoms with Crippen molar-refractivity contribution in [2.75, 3.05) is 44.6 Å². The minimum atomic E-state index is -0.00223. The highest BCUT2D eigenvalue weighted by atomic mass is 16.5. The molecule has 6 heteroatoms. The maximum absolute atomic E-state index is 12.6. The Morgan fingerprint density at radius 2 is 1.68 bits per heavy atom. The number of ether oxygens (including phenoxy) is 1. The lowest BCUT2D eigenvalue weighted by atomic mass is 10.0. The van der Waals surface area contributed by atoms with Crippen LogP contribution in [-0.4, -0.2) is 56.0 Å². The SMILES string of the molecule is Cc1cccc(C)c1NC(=O)C[NH+]1CCN(C(=O)COc2ccccc2C(C)C)CC1. The molecule has 1 saturated heterocycles. The molecule has 166 valence electrons. The molecule has 0 atom stereocenters. The van der Waals surface area contributed by atoms with Gasteiger partial charge in [-0.3, -0.25) is 9.59 Å². The Morgan fingerprint density at radius 3 is 2.32 bits per heavy atom. The molecule has 0 aromatic heterocycles. The summed E-state index contributed by atoms with van der Waals surface area (Å²) in [6, 6.07) is 13.9. The van der Waals surface area contributed by atoms with E-state index in [0.29, 0.717) is 25.6 Å². The van der Waals surface area contributed by atoms with Crippen LogP contribution < -0.4 is 15.0 Å². The highest BCUT2D eigenvalue weighted by molar-refractivity contribution is 5.93. The van der Waals surface area contributed by atoms with Gasteiger partial charge in [0.05, 0.1) is 26.2 Å². The molecule has 6 nitrogen and oxygen atoms in total. The third-order valence-electron chi connectivity index (χ3n) is 5.87. The van der Waals surface area contributed by atoms with Gasteiger partial charge in [-0.25, -0.2) is 0 Å². The van der Waals surface area contributed by atoms with E-state index in [2.05, 4.69) is 19.2 Å². The average Bonchev–Trinajstić information content (AvgIpc) is 2.75. The number of carbonyl (C=O) groups is 2. The largest absolute Gasteiger partial charge is 0.483 e. The van der Waals surface area contributed by atoms with E-state index >= 15 is 0 Å². The highest BCUT2D eigenvalue weighted by Crippen LogP contribution is 2.25. The van der Waals surface area contributed by atoms with Gasteiger partial charge in [0.2, 0.25) is 0 Å². The summed E-state index contributed by atoms with van der Waals surface area (Å²) < 4.78 is 5.83. The molecule has 0 aliphatic carbocycles. The standard InChI is InChI=1S/C25H33N3O3/c1-18(2)21-10-5-6-11-22(21)31-17-24(30)28-14-12-27(13-15-28)16-23(29)26-25-19(3)8-7-9-20(25)4/h5-11,18H,12-17H2,1-4H3,(H,26,29)/p+1. The van der Waals surface area contributed by atoms with Crippen molar-refractivity contribution >= 4 is 17.5 Å². The monoisotopic (exact) mass is 424 g/mol. The topological polar surface area (TPSA) is 63.1 Å². The molecule has 0 saturated carbocycles. The van der Waals surface area contributed by atoms with E-state index in [-0.39, 0.29) is 18.4 Å². The summed E-state index contributed by atoms with van der Waals surface area (Å²) in [6.07, 6.45) is 0. The molecule has 0 bridgehead atoms. The number of quaternary nitrogens is 1. The summed E-state index contributed by atoms with van der Waals surface area (Å²) in [6.45, 7) is 11.5. The van der Waals surface area contributed by atoms with Crippen LogP contribution in [0.1, 0.15) is 36.5 Å². The van der Waals surface area contributed by atoms with Crippen LogP contribution in [0.4, 0.5) is 5.69 Å². The summed E-state index contributed by atoms with van der Waals surface area (Å²) in [5, 5.41) is 3.05. The van der Waals surface area contributed by atoms with Crippen molar-refractivity contribution in [2.24, 2.45) is 0 Å². The van der Waals surface area contributed by atoms with Crippen LogP contribution in [0.3, 0.4) is 0 Å². The molecule has 2 N–H and O–H groups in total. The Kier molecular flexibility index (Phi) is 7.69. The number of para-hydroxylation sites is 2. The van der Waals surface area contributed by atoms with Gasteiger partial charge in [0.25, 0.3) is 11.8 Å². The summed E-state index contributed by atoms with van der Waals surface area (Å²) >= 11 is 0. The van der Waals surface area contributed by atoms with Crippen LogP contribution in [0.15, 0.2) is 42.5 Å².